The van der Waals surface area contributed by atoms with Gasteiger partial charge in [-0.1, -0.05) is 6.07 Å². The molecule has 21 heavy (non-hydrogen) atoms. The molecular weight excluding hydrogens is 400 g/mol. The van der Waals surface area contributed by atoms with Crippen LogP contribution in [0.2, 0.25) is 0 Å². The predicted octanol–water partition coefficient (Wildman–Crippen LogP) is 3.84. The summed E-state index contributed by atoms with van der Waals surface area (Å²) in [5, 5.41) is 0. The number of hydrogen-bond acceptors (Lipinski definition) is 3. The van der Waals surface area contributed by atoms with E-state index in [-0.39, 0.29) is 12.5 Å². The van der Waals surface area contributed by atoms with Gasteiger partial charge in [-0.05, 0) is 68.3 Å². The number of halogens is 2. The second kappa shape index (κ2) is 6.95. The highest BCUT2D eigenvalue weighted by Crippen LogP contribution is 2.33. The Bertz CT molecular complexity index is 624. The summed E-state index contributed by atoms with van der Waals surface area (Å²) in [7, 11) is 1.70. The van der Waals surface area contributed by atoms with E-state index < -0.39 is 0 Å². The summed E-state index contributed by atoms with van der Waals surface area (Å²) in [6.45, 7) is -0.0535. The van der Waals surface area contributed by atoms with Gasteiger partial charge in [0.25, 0.3) is 5.91 Å². The average Bonchev–Trinajstić information content (AvgIpc) is 2.46. The minimum absolute atomic E-state index is 0.0535. The SMILES string of the molecule is CN(C(=O)COc1c(Br)cccc1Br)c1ccc(N)cc1. The van der Waals surface area contributed by atoms with Crippen LogP contribution in [0.15, 0.2) is 51.4 Å². The Kier molecular flexibility index (Phi) is 5.25. The van der Waals surface area contributed by atoms with Gasteiger partial charge in [0.2, 0.25) is 0 Å². The van der Waals surface area contributed by atoms with Crippen LogP contribution in [0.4, 0.5) is 11.4 Å². The molecule has 0 heterocycles. The van der Waals surface area contributed by atoms with Crippen LogP contribution >= 0.6 is 31.9 Å². The van der Waals surface area contributed by atoms with Crippen LogP contribution in [0.5, 0.6) is 5.75 Å². The molecule has 2 aromatic carbocycles. The summed E-state index contributed by atoms with van der Waals surface area (Å²) in [6.07, 6.45) is 0. The van der Waals surface area contributed by atoms with Gasteiger partial charge in [0, 0.05) is 18.4 Å². The number of amides is 1. The number of carbonyl (C=O) groups excluding carboxylic acids is 1. The standard InChI is InChI=1S/C15H14Br2N2O2/c1-19(11-7-5-10(18)6-8-11)14(20)9-21-15-12(16)3-2-4-13(15)17/h2-8H,9,18H2,1H3. The van der Waals surface area contributed by atoms with E-state index in [1.807, 2.05) is 18.2 Å². The molecule has 0 fully saturated rings. The van der Waals surface area contributed by atoms with Crippen LogP contribution in [0, 0.1) is 0 Å². The number of hydrogen-bond donors (Lipinski definition) is 1. The lowest BCUT2D eigenvalue weighted by Gasteiger charge is -2.18. The third kappa shape index (κ3) is 3.98. The average molecular weight is 414 g/mol. The van der Waals surface area contributed by atoms with Gasteiger partial charge in [-0.2, -0.15) is 0 Å². The van der Waals surface area contributed by atoms with Crippen molar-refractivity contribution in [1.82, 2.24) is 0 Å². The molecule has 0 atom stereocenters. The molecule has 2 aromatic rings. The number of nitrogens with two attached hydrogens (primary N) is 1. The summed E-state index contributed by atoms with van der Waals surface area (Å²) in [6, 6.07) is 12.7. The zero-order valence-electron chi connectivity index (χ0n) is 11.3. The third-order valence-corrected chi connectivity index (χ3v) is 4.16. The van der Waals surface area contributed by atoms with Gasteiger partial charge >= 0.3 is 0 Å². The molecule has 0 unspecified atom stereocenters. The molecule has 0 saturated heterocycles. The third-order valence-electron chi connectivity index (χ3n) is 2.91. The Morgan fingerprint density at radius 1 is 1.14 bits per heavy atom. The van der Waals surface area contributed by atoms with Gasteiger partial charge in [0.05, 0.1) is 8.95 Å². The Hall–Kier alpha value is -1.53. The fraction of sp³-hybridized carbons (Fsp3) is 0.133. The molecule has 1 amide bonds. The number of nitrogens with zero attached hydrogens (tertiary/aromatic N) is 1. The predicted molar refractivity (Wildman–Crippen MR) is 91.6 cm³/mol. The lowest BCUT2D eigenvalue weighted by atomic mass is 10.2. The Morgan fingerprint density at radius 2 is 1.71 bits per heavy atom. The summed E-state index contributed by atoms with van der Waals surface area (Å²) in [5.74, 6) is 0.457. The zero-order valence-corrected chi connectivity index (χ0v) is 14.5. The number of anilines is 2. The minimum atomic E-state index is -0.151. The molecule has 4 nitrogen and oxygen atoms in total. The zero-order chi connectivity index (χ0) is 15.4. The first-order valence-corrected chi connectivity index (χ1v) is 7.76. The number of carbonyl (C=O) groups is 1. The molecule has 0 radical (unpaired) electrons. The molecule has 2 rings (SSSR count). The molecule has 0 saturated carbocycles. The molecule has 0 spiro atoms. The molecule has 0 aliphatic carbocycles. The van der Waals surface area contributed by atoms with Crippen molar-refractivity contribution in [3.63, 3.8) is 0 Å². The van der Waals surface area contributed by atoms with Crippen molar-refractivity contribution in [3.8, 4) is 5.75 Å². The van der Waals surface area contributed by atoms with E-state index in [2.05, 4.69) is 31.9 Å². The molecule has 0 aliphatic rings. The van der Waals surface area contributed by atoms with Crippen molar-refractivity contribution in [1.29, 1.82) is 0 Å². The number of nitrogen functional groups attached to an aromatic ring is 1. The summed E-state index contributed by atoms with van der Waals surface area (Å²) in [5.41, 5.74) is 7.06. The molecule has 110 valence electrons. The van der Waals surface area contributed by atoms with E-state index >= 15 is 0 Å². The summed E-state index contributed by atoms with van der Waals surface area (Å²) < 4.78 is 7.17. The largest absolute Gasteiger partial charge is 0.481 e. The quantitative estimate of drug-likeness (QED) is 0.774. The maximum absolute atomic E-state index is 12.2. The van der Waals surface area contributed by atoms with Crippen LogP contribution in [-0.2, 0) is 4.79 Å². The molecular formula is C15H14Br2N2O2. The fourth-order valence-corrected chi connectivity index (χ4v) is 2.92. The smallest absolute Gasteiger partial charge is 0.264 e. The molecule has 0 aromatic heterocycles. The van der Waals surface area contributed by atoms with Crippen molar-refractivity contribution in [2.75, 3.05) is 24.3 Å². The van der Waals surface area contributed by atoms with Crippen molar-refractivity contribution in [2.45, 2.75) is 0 Å². The Labute approximate surface area is 140 Å². The number of benzene rings is 2. The second-order valence-electron chi connectivity index (χ2n) is 4.38. The van der Waals surface area contributed by atoms with Crippen molar-refractivity contribution < 1.29 is 9.53 Å². The highest BCUT2D eigenvalue weighted by molar-refractivity contribution is 9.11. The van der Waals surface area contributed by atoms with Gasteiger partial charge in [0.1, 0.15) is 5.75 Å². The number of para-hydroxylation sites is 1. The van der Waals surface area contributed by atoms with E-state index in [4.69, 9.17) is 10.5 Å². The summed E-state index contributed by atoms with van der Waals surface area (Å²) >= 11 is 6.79. The molecule has 0 aliphatic heterocycles. The van der Waals surface area contributed by atoms with E-state index in [0.29, 0.717) is 11.4 Å². The Balaban J connectivity index is 2.03. The van der Waals surface area contributed by atoms with E-state index in [1.165, 1.54) is 4.90 Å². The Morgan fingerprint density at radius 3 is 2.29 bits per heavy atom. The summed E-state index contributed by atoms with van der Waals surface area (Å²) in [4.78, 5) is 13.7. The van der Waals surface area contributed by atoms with Crippen LogP contribution in [0.3, 0.4) is 0 Å². The number of likely N-dealkylation sites (N-methyl/N-ethyl adjacent to an activating group) is 1. The van der Waals surface area contributed by atoms with E-state index in [1.54, 1.807) is 31.3 Å². The van der Waals surface area contributed by atoms with Crippen LogP contribution in [0.25, 0.3) is 0 Å². The highest BCUT2D eigenvalue weighted by atomic mass is 79.9. The molecule has 6 heteroatoms. The first-order chi connectivity index (χ1) is 9.99. The second-order valence-corrected chi connectivity index (χ2v) is 6.09. The van der Waals surface area contributed by atoms with Crippen molar-refractivity contribution in [2.24, 2.45) is 0 Å². The topological polar surface area (TPSA) is 55.6 Å². The lowest BCUT2D eigenvalue weighted by molar-refractivity contribution is -0.120. The van der Waals surface area contributed by atoms with Gasteiger partial charge in [-0.15, -0.1) is 0 Å². The molecule has 2 N–H and O–H groups in total. The van der Waals surface area contributed by atoms with E-state index in [0.717, 1.165) is 14.6 Å². The van der Waals surface area contributed by atoms with Crippen molar-refractivity contribution >= 4 is 49.1 Å². The normalized spacial score (nSPS) is 10.2. The van der Waals surface area contributed by atoms with Crippen LogP contribution < -0.4 is 15.4 Å². The van der Waals surface area contributed by atoms with Gasteiger partial charge in [0.15, 0.2) is 6.61 Å². The maximum Gasteiger partial charge on any atom is 0.264 e. The van der Waals surface area contributed by atoms with Gasteiger partial charge < -0.3 is 15.4 Å². The first-order valence-electron chi connectivity index (χ1n) is 6.18. The fourth-order valence-electron chi connectivity index (χ4n) is 1.69. The van der Waals surface area contributed by atoms with Gasteiger partial charge in [-0.3, -0.25) is 4.79 Å². The van der Waals surface area contributed by atoms with Crippen molar-refractivity contribution in [3.05, 3.63) is 51.4 Å². The monoisotopic (exact) mass is 412 g/mol. The van der Waals surface area contributed by atoms with Crippen LogP contribution in [0.1, 0.15) is 0 Å². The van der Waals surface area contributed by atoms with Crippen LogP contribution in [-0.4, -0.2) is 19.6 Å². The number of ether oxygens (including phenoxy) is 1. The maximum atomic E-state index is 12.2. The lowest BCUT2D eigenvalue weighted by Crippen LogP contribution is -2.31. The number of rotatable bonds is 4. The molecule has 0 bridgehead atoms. The first kappa shape index (κ1) is 15.9. The van der Waals surface area contributed by atoms with Gasteiger partial charge in [-0.25, -0.2) is 0 Å². The minimum Gasteiger partial charge on any atom is -0.481 e. The van der Waals surface area contributed by atoms with E-state index in [9.17, 15) is 4.79 Å². The highest BCUT2D eigenvalue weighted by Gasteiger charge is 2.13.